The molecule has 3 fully saturated rings. The predicted molar refractivity (Wildman–Crippen MR) is 138 cm³/mol. The van der Waals surface area contributed by atoms with Crippen molar-refractivity contribution >= 4 is 45.9 Å². The van der Waals surface area contributed by atoms with Gasteiger partial charge in [0, 0.05) is 31.1 Å². The number of anilines is 1. The van der Waals surface area contributed by atoms with E-state index in [1.807, 2.05) is 42.5 Å². The highest BCUT2D eigenvalue weighted by Gasteiger charge is 2.73. The molecule has 0 saturated carbocycles. The molecule has 3 aliphatic heterocycles. The van der Waals surface area contributed by atoms with Gasteiger partial charge in [0.05, 0.1) is 16.6 Å². The number of carbonyl (C=O) groups excluding carboxylic acids is 3. The molecule has 5 atom stereocenters. The van der Waals surface area contributed by atoms with Gasteiger partial charge in [-0.1, -0.05) is 43.2 Å². The van der Waals surface area contributed by atoms with Gasteiger partial charge in [0.1, 0.15) is 6.04 Å². The standard InChI is InChI=1S/C27H33N3O4S/c1-28-24(32)21-20-12-13-27(35-20)22(21)26(34)30(14-6-2-3-7-15-31)23(27)25(33)29-19-11-10-17-8-4-5-9-18(17)16-19/h4-5,8-11,16,20-23,31H,2-3,6-7,12-15H2,1H3,(H,28,32)(H,29,33)/t20-,21+,22-,23?,27?/m0/s1. The average molecular weight is 496 g/mol. The molecule has 35 heavy (non-hydrogen) atoms. The van der Waals surface area contributed by atoms with Crippen LogP contribution in [0.2, 0.25) is 0 Å². The molecule has 1 spiro atoms. The van der Waals surface area contributed by atoms with E-state index in [0.717, 1.165) is 49.3 Å². The van der Waals surface area contributed by atoms with Crippen LogP contribution in [-0.2, 0) is 14.4 Å². The summed E-state index contributed by atoms with van der Waals surface area (Å²) >= 11 is 1.69. The molecule has 3 amide bonds. The Kier molecular flexibility index (Phi) is 6.77. The largest absolute Gasteiger partial charge is 0.396 e. The minimum Gasteiger partial charge on any atom is -0.396 e. The number of thioether (sulfide) groups is 1. The van der Waals surface area contributed by atoms with E-state index in [2.05, 4.69) is 10.6 Å². The van der Waals surface area contributed by atoms with Crippen LogP contribution < -0.4 is 10.6 Å². The normalized spacial score (nSPS) is 29.0. The Bertz CT molecular complexity index is 1140. The minimum absolute atomic E-state index is 0.0610. The first-order valence-electron chi connectivity index (χ1n) is 12.6. The van der Waals surface area contributed by atoms with Crippen LogP contribution in [0, 0.1) is 11.8 Å². The second-order valence-electron chi connectivity index (χ2n) is 9.89. The monoisotopic (exact) mass is 495 g/mol. The molecule has 7 nitrogen and oxygen atoms in total. The molecule has 2 unspecified atom stereocenters. The molecule has 0 aromatic heterocycles. The van der Waals surface area contributed by atoms with Gasteiger partial charge < -0.3 is 20.6 Å². The van der Waals surface area contributed by atoms with Crippen LogP contribution in [0.25, 0.3) is 10.8 Å². The summed E-state index contributed by atoms with van der Waals surface area (Å²) in [7, 11) is 1.62. The number of aliphatic hydroxyl groups is 1. The summed E-state index contributed by atoms with van der Waals surface area (Å²) in [6.45, 7) is 0.653. The summed E-state index contributed by atoms with van der Waals surface area (Å²) in [4.78, 5) is 42.2. The van der Waals surface area contributed by atoms with Gasteiger partial charge in [-0.05, 0) is 48.6 Å². The van der Waals surface area contributed by atoms with Crippen molar-refractivity contribution in [2.24, 2.45) is 11.8 Å². The van der Waals surface area contributed by atoms with Crippen LogP contribution in [0.3, 0.4) is 0 Å². The van der Waals surface area contributed by atoms with E-state index >= 15 is 0 Å². The van der Waals surface area contributed by atoms with Gasteiger partial charge in [-0.3, -0.25) is 14.4 Å². The number of nitrogens with zero attached hydrogens (tertiary/aromatic N) is 1. The summed E-state index contributed by atoms with van der Waals surface area (Å²) in [5.41, 5.74) is 0.712. The Morgan fingerprint density at radius 1 is 1.09 bits per heavy atom. The third-order valence-electron chi connectivity index (χ3n) is 7.92. The van der Waals surface area contributed by atoms with E-state index in [-0.39, 0.29) is 35.5 Å². The summed E-state index contributed by atoms with van der Waals surface area (Å²) in [6, 6.07) is 13.3. The molecule has 2 aromatic carbocycles. The van der Waals surface area contributed by atoms with Gasteiger partial charge in [-0.15, -0.1) is 11.8 Å². The van der Waals surface area contributed by atoms with Gasteiger partial charge in [0.15, 0.2) is 0 Å². The Balaban J connectivity index is 1.43. The molecule has 3 heterocycles. The van der Waals surface area contributed by atoms with Gasteiger partial charge in [-0.25, -0.2) is 0 Å². The summed E-state index contributed by atoms with van der Waals surface area (Å²) in [5, 5.41) is 17.1. The molecule has 3 aliphatic rings. The zero-order valence-electron chi connectivity index (χ0n) is 20.0. The first kappa shape index (κ1) is 24.1. The number of rotatable bonds is 9. The van der Waals surface area contributed by atoms with E-state index in [4.69, 9.17) is 5.11 Å². The fraction of sp³-hybridized carbons (Fsp3) is 0.519. The molecule has 8 heteroatoms. The molecule has 2 bridgehead atoms. The van der Waals surface area contributed by atoms with Crippen LogP contribution in [-0.4, -0.2) is 64.0 Å². The van der Waals surface area contributed by atoms with Crippen molar-refractivity contribution in [3.05, 3.63) is 42.5 Å². The van der Waals surface area contributed by atoms with E-state index < -0.39 is 16.7 Å². The number of hydrogen-bond acceptors (Lipinski definition) is 5. The number of unbranched alkanes of at least 4 members (excludes halogenated alkanes) is 3. The maximum absolute atomic E-state index is 13.9. The molecule has 2 aromatic rings. The Morgan fingerprint density at radius 2 is 1.86 bits per heavy atom. The highest BCUT2D eigenvalue weighted by atomic mass is 32.2. The van der Waals surface area contributed by atoms with Crippen molar-refractivity contribution in [3.8, 4) is 0 Å². The zero-order chi connectivity index (χ0) is 24.6. The Hall–Kier alpha value is -2.58. The molecule has 5 rings (SSSR count). The molecule has 3 N–H and O–H groups in total. The Morgan fingerprint density at radius 3 is 2.63 bits per heavy atom. The second kappa shape index (κ2) is 9.82. The highest BCUT2D eigenvalue weighted by Crippen LogP contribution is 2.66. The third-order valence-corrected chi connectivity index (χ3v) is 9.87. The van der Waals surface area contributed by atoms with Crippen LogP contribution in [0.4, 0.5) is 5.69 Å². The van der Waals surface area contributed by atoms with Gasteiger partial charge in [0.2, 0.25) is 17.7 Å². The van der Waals surface area contributed by atoms with E-state index in [1.54, 1.807) is 23.7 Å². The number of aliphatic hydroxyl groups excluding tert-OH is 1. The van der Waals surface area contributed by atoms with E-state index in [9.17, 15) is 14.4 Å². The maximum atomic E-state index is 13.9. The number of hydrogen-bond donors (Lipinski definition) is 3. The van der Waals surface area contributed by atoms with Crippen LogP contribution in [0.5, 0.6) is 0 Å². The molecule has 0 radical (unpaired) electrons. The van der Waals surface area contributed by atoms with E-state index in [0.29, 0.717) is 12.2 Å². The lowest BCUT2D eigenvalue weighted by molar-refractivity contribution is -0.139. The summed E-state index contributed by atoms with van der Waals surface area (Å²) in [5.74, 6) is -1.18. The van der Waals surface area contributed by atoms with Crippen molar-refractivity contribution in [2.75, 3.05) is 25.5 Å². The Labute approximate surface area is 210 Å². The van der Waals surface area contributed by atoms with Crippen molar-refractivity contribution in [1.82, 2.24) is 10.2 Å². The number of likely N-dealkylation sites (tertiary alicyclic amines) is 1. The highest BCUT2D eigenvalue weighted by molar-refractivity contribution is 8.02. The number of benzene rings is 2. The van der Waals surface area contributed by atoms with Crippen molar-refractivity contribution < 1.29 is 19.5 Å². The van der Waals surface area contributed by atoms with Crippen LogP contribution in [0.15, 0.2) is 42.5 Å². The van der Waals surface area contributed by atoms with Crippen molar-refractivity contribution in [1.29, 1.82) is 0 Å². The quantitative estimate of drug-likeness (QED) is 0.464. The summed E-state index contributed by atoms with van der Waals surface area (Å²) < 4.78 is -0.565. The molecular formula is C27H33N3O4S. The van der Waals surface area contributed by atoms with E-state index in [1.165, 1.54) is 0 Å². The van der Waals surface area contributed by atoms with Gasteiger partial charge >= 0.3 is 0 Å². The maximum Gasteiger partial charge on any atom is 0.248 e. The minimum atomic E-state index is -0.603. The average Bonchev–Trinajstić information content (AvgIpc) is 3.51. The third kappa shape index (κ3) is 4.10. The summed E-state index contributed by atoms with van der Waals surface area (Å²) in [6.07, 6.45) is 4.89. The second-order valence-corrected chi connectivity index (χ2v) is 11.5. The fourth-order valence-corrected chi connectivity index (χ4v) is 8.61. The molecule has 186 valence electrons. The molecule has 0 aliphatic carbocycles. The predicted octanol–water partition coefficient (Wildman–Crippen LogP) is 3.17. The van der Waals surface area contributed by atoms with Crippen LogP contribution >= 0.6 is 11.8 Å². The fourth-order valence-electron chi connectivity index (χ4n) is 6.39. The molecular weight excluding hydrogens is 462 g/mol. The number of carbonyl (C=O) groups is 3. The molecule has 3 saturated heterocycles. The van der Waals surface area contributed by atoms with Crippen molar-refractivity contribution in [3.63, 3.8) is 0 Å². The van der Waals surface area contributed by atoms with Gasteiger partial charge in [0.25, 0.3) is 0 Å². The number of amides is 3. The lowest BCUT2D eigenvalue weighted by Gasteiger charge is -2.34. The first-order valence-corrected chi connectivity index (χ1v) is 13.5. The smallest absolute Gasteiger partial charge is 0.248 e. The lowest BCUT2D eigenvalue weighted by Crippen LogP contribution is -2.51. The zero-order valence-corrected chi connectivity index (χ0v) is 20.9. The van der Waals surface area contributed by atoms with Crippen molar-refractivity contribution in [2.45, 2.75) is 54.6 Å². The van der Waals surface area contributed by atoms with Crippen LogP contribution in [0.1, 0.15) is 38.5 Å². The van der Waals surface area contributed by atoms with Gasteiger partial charge in [-0.2, -0.15) is 0 Å². The topological polar surface area (TPSA) is 98.7 Å². The SMILES string of the molecule is CNC(=O)[C@@H]1[C@@H]2CCC3(S2)C(C(=O)Nc2ccc4ccccc4c2)N(CCCCCCO)C(=O)[C@H]13. The number of fused-ring (bicyclic) bond motifs is 2. The first-order chi connectivity index (χ1) is 17.0. The lowest BCUT2D eigenvalue weighted by atomic mass is 9.71. The number of nitrogens with one attached hydrogen (secondary N) is 2.